The van der Waals surface area contributed by atoms with Crippen LogP contribution in [-0.2, 0) is 16.0 Å². The smallest absolute Gasteiger partial charge is 0.260 e. The van der Waals surface area contributed by atoms with E-state index in [1.165, 1.54) is 0 Å². The molecule has 38 heavy (non-hydrogen) atoms. The topological polar surface area (TPSA) is 104 Å². The van der Waals surface area contributed by atoms with Crippen LogP contribution >= 0.6 is 11.6 Å². The first-order valence-corrected chi connectivity index (χ1v) is 13.4. The molecular formula is C28H32ClN5O4. The molecule has 0 amide bonds. The number of hydrogen-bond acceptors (Lipinski definition) is 8. The van der Waals surface area contributed by atoms with Crippen molar-refractivity contribution in [2.45, 2.75) is 59.2 Å². The zero-order chi connectivity index (χ0) is 26.8. The van der Waals surface area contributed by atoms with Gasteiger partial charge in [0.05, 0.1) is 19.3 Å². The van der Waals surface area contributed by atoms with E-state index in [0.29, 0.717) is 66.1 Å². The molecule has 2 aromatic heterocycles. The fourth-order valence-corrected chi connectivity index (χ4v) is 5.20. The van der Waals surface area contributed by atoms with Crippen LogP contribution in [0.1, 0.15) is 39.5 Å². The first-order valence-electron chi connectivity index (χ1n) is 13.0. The summed E-state index contributed by atoms with van der Waals surface area (Å²) in [5.41, 5.74) is 3.54. The Labute approximate surface area is 225 Å². The van der Waals surface area contributed by atoms with E-state index in [4.69, 9.17) is 30.6 Å². The lowest BCUT2D eigenvalue weighted by molar-refractivity contribution is 0.0425. The van der Waals surface area contributed by atoms with Crippen LogP contribution in [0.5, 0.6) is 0 Å². The molecule has 1 aromatic carbocycles. The molecule has 1 fully saturated rings. The van der Waals surface area contributed by atoms with Gasteiger partial charge in [0.1, 0.15) is 17.4 Å². The van der Waals surface area contributed by atoms with Crippen LogP contribution in [0.15, 0.2) is 50.0 Å². The van der Waals surface area contributed by atoms with Gasteiger partial charge >= 0.3 is 0 Å². The number of fused-ring (bicyclic) bond motifs is 1. The summed E-state index contributed by atoms with van der Waals surface area (Å²) in [6.45, 7) is 9.97. The van der Waals surface area contributed by atoms with Crippen molar-refractivity contribution >= 4 is 17.7 Å². The van der Waals surface area contributed by atoms with Crippen molar-refractivity contribution in [2.24, 2.45) is 4.99 Å². The lowest BCUT2D eigenvalue weighted by Crippen LogP contribution is -2.45. The van der Waals surface area contributed by atoms with Crippen molar-refractivity contribution in [1.29, 1.82) is 0 Å². The molecule has 2 unspecified atom stereocenters. The van der Waals surface area contributed by atoms with Gasteiger partial charge in [0.25, 0.3) is 5.56 Å². The highest BCUT2D eigenvalue weighted by molar-refractivity contribution is 6.33. The molecule has 10 heteroatoms. The van der Waals surface area contributed by atoms with Gasteiger partial charge in [0.15, 0.2) is 0 Å². The summed E-state index contributed by atoms with van der Waals surface area (Å²) in [5.74, 6) is 1.71. The molecule has 5 rings (SSSR count). The van der Waals surface area contributed by atoms with Crippen LogP contribution < -0.4 is 21.6 Å². The molecule has 0 saturated carbocycles. The van der Waals surface area contributed by atoms with Gasteiger partial charge in [0, 0.05) is 47.0 Å². The van der Waals surface area contributed by atoms with E-state index >= 15 is 0 Å². The Morgan fingerprint density at radius 3 is 2.71 bits per heavy atom. The molecule has 200 valence electrons. The second kappa shape index (κ2) is 11.2. The normalized spacial score (nSPS) is 19.1. The molecule has 2 aliphatic rings. The number of benzene rings is 1. The molecular weight excluding hydrogens is 506 g/mol. The summed E-state index contributed by atoms with van der Waals surface area (Å²) < 4.78 is 18.3. The van der Waals surface area contributed by atoms with Gasteiger partial charge in [-0.2, -0.15) is 4.98 Å². The Morgan fingerprint density at radius 1 is 1.18 bits per heavy atom. The second-order valence-corrected chi connectivity index (χ2v) is 9.73. The fraction of sp³-hybridized carbons (Fsp3) is 0.429. The third kappa shape index (κ3) is 5.06. The molecule has 0 radical (unpaired) electrons. The molecule has 0 bridgehead atoms. The van der Waals surface area contributed by atoms with Gasteiger partial charge in [0.2, 0.25) is 11.7 Å². The predicted octanol–water partition coefficient (Wildman–Crippen LogP) is 3.37. The number of aromatic nitrogens is 3. The van der Waals surface area contributed by atoms with E-state index in [2.05, 4.69) is 28.5 Å². The summed E-state index contributed by atoms with van der Waals surface area (Å²) >= 11 is 6.70. The van der Waals surface area contributed by atoms with Crippen LogP contribution in [0.3, 0.4) is 0 Å². The summed E-state index contributed by atoms with van der Waals surface area (Å²) in [7, 11) is 0. The van der Waals surface area contributed by atoms with Crippen molar-refractivity contribution < 1.29 is 14.0 Å². The van der Waals surface area contributed by atoms with Crippen molar-refractivity contribution in [3.8, 4) is 22.5 Å². The Bertz CT molecular complexity index is 1560. The Balaban J connectivity index is 1.58. The maximum Gasteiger partial charge on any atom is 0.260 e. The van der Waals surface area contributed by atoms with Crippen LogP contribution in [0.25, 0.3) is 28.6 Å². The van der Waals surface area contributed by atoms with Gasteiger partial charge in [-0.15, -0.1) is 0 Å². The molecule has 4 heterocycles. The minimum atomic E-state index is -0.149. The quantitative estimate of drug-likeness (QED) is 0.470. The third-order valence-corrected chi connectivity index (χ3v) is 7.24. The average Bonchev–Trinajstić information content (AvgIpc) is 3.50. The van der Waals surface area contributed by atoms with Gasteiger partial charge in [-0.05, 0) is 44.4 Å². The van der Waals surface area contributed by atoms with Gasteiger partial charge in [-0.25, -0.2) is 4.99 Å². The molecule has 1 N–H and O–H groups in total. The van der Waals surface area contributed by atoms with E-state index in [9.17, 15) is 4.79 Å². The van der Waals surface area contributed by atoms with E-state index in [1.807, 2.05) is 32.0 Å². The van der Waals surface area contributed by atoms with E-state index < -0.39 is 0 Å². The molecule has 3 aromatic rings. The van der Waals surface area contributed by atoms with E-state index in [1.54, 1.807) is 17.6 Å². The van der Waals surface area contributed by atoms with E-state index in [-0.39, 0.29) is 17.7 Å². The maximum atomic E-state index is 13.7. The highest BCUT2D eigenvalue weighted by Gasteiger charge is 2.30. The minimum Gasteiger partial charge on any atom is -0.376 e. The first kappa shape index (κ1) is 26.3. The number of nitrogens with one attached hydrogen (secondary N) is 1. The number of rotatable bonds is 8. The van der Waals surface area contributed by atoms with Crippen LogP contribution in [-0.4, -0.2) is 46.7 Å². The number of allylic oxidation sites excluding steroid dienone is 1. The van der Waals surface area contributed by atoms with E-state index in [0.717, 1.165) is 28.6 Å². The monoisotopic (exact) mass is 537 g/mol. The van der Waals surface area contributed by atoms with Crippen molar-refractivity contribution in [2.75, 3.05) is 19.8 Å². The summed E-state index contributed by atoms with van der Waals surface area (Å²) in [4.78, 5) is 23.0. The van der Waals surface area contributed by atoms with Gasteiger partial charge < -0.3 is 19.3 Å². The number of aryl methyl sites for hydroxylation is 1. The van der Waals surface area contributed by atoms with Gasteiger partial charge in [-0.3, -0.25) is 9.36 Å². The van der Waals surface area contributed by atoms with Crippen molar-refractivity contribution in [3.05, 3.63) is 67.6 Å². The van der Waals surface area contributed by atoms with Crippen LogP contribution in [0.2, 0.25) is 5.02 Å². The predicted molar refractivity (Wildman–Crippen MR) is 145 cm³/mol. The number of pyridine rings is 1. The standard InChI is InChI=1S/C28H32ClN5O4/c1-5-17-8-9-19-12-21(20-11-10-18(13-22(20)29)26-30-16(4)38-33-26)28(35)34(6-2)27(19)32-25(17)31-23-14-36-15-24(23)37-7-3/h9-13,23-24,31H,5-8,14-15H2,1-4H3. The highest BCUT2D eigenvalue weighted by atomic mass is 35.5. The summed E-state index contributed by atoms with van der Waals surface area (Å²) in [6.07, 6.45) is 3.64. The largest absolute Gasteiger partial charge is 0.376 e. The molecule has 1 saturated heterocycles. The average molecular weight is 538 g/mol. The SMILES string of the molecule is CCOC1COCC1NC1=C(CC)CC=c2cc(-c3ccc(-c4noc(C)n4)cc3Cl)c(=O)n(CC)c2=N1. The van der Waals surface area contributed by atoms with Gasteiger partial charge in [-0.1, -0.05) is 41.9 Å². The molecule has 0 spiro atoms. The third-order valence-electron chi connectivity index (χ3n) is 6.93. The second-order valence-electron chi connectivity index (χ2n) is 9.33. The lowest BCUT2D eigenvalue weighted by Gasteiger charge is -2.21. The maximum absolute atomic E-state index is 13.7. The Hall–Kier alpha value is -3.27. The zero-order valence-corrected chi connectivity index (χ0v) is 22.8. The highest BCUT2D eigenvalue weighted by Crippen LogP contribution is 2.29. The number of halogens is 1. The lowest BCUT2D eigenvalue weighted by atomic mass is 10.0. The minimum absolute atomic E-state index is 0.00168. The van der Waals surface area contributed by atoms with Crippen molar-refractivity contribution in [1.82, 2.24) is 20.0 Å². The molecule has 0 aliphatic carbocycles. The summed E-state index contributed by atoms with van der Waals surface area (Å²) in [5, 5.41) is 8.86. The van der Waals surface area contributed by atoms with Crippen LogP contribution in [0, 0.1) is 6.92 Å². The Kier molecular flexibility index (Phi) is 7.78. The van der Waals surface area contributed by atoms with Crippen LogP contribution in [0.4, 0.5) is 0 Å². The number of hydrogen-bond donors (Lipinski definition) is 1. The Morgan fingerprint density at radius 2 is 2.03 bits per heavy atom. The summed E-state index contributed by atoms with van der Waals surface area (Å²) in [6, 6.07) is 7.33. The number of ether oxygens (including phenoxy) is 2. The zero-order valence-electron chi connectivity index (χ0n) is 22.1. The van der Waals surface area contributed by atoms with Crippen molar-refractivity contribution in [3.63, 3.8) is 0 Å². The molecule has 9 nitrogen and oxygen atoms in total. The fourth-order valence-electron chi connectivity index (χ4n) is 4.91. The molecule has 2 aliphatic heterocycles. The number of nitrogens with zero attached hydrogens (tertiary/aromatic N) is 4. The first-order chi connectivity index (χ1) is 18.4. The molecule has 2 atom stereocenters.